The number of likely N-dealkylation sites (tertiary alicyclic amines) is 1. The van der Waals surface area contributed by atoms with Crippen molar-refractivity contribution in [2.45, 2.75) is 44.9 Å². The van der Waals surface area contributed by atoms with Crippen molar-refractivity contribution in [2.24, 2.45) is 7.05 Å². The summed E-state index contributed by atoms with van der Waals surface area (Å²) in [6.45, 7) is 1.79. The van der Waals surface area contributed by atoms with E-state index in [9.17, 15) is 19.2 Å². The lowest BCUT2D eigenvalue weighted by molar-refractivity contribution is -0.116. The highest BCUT2D eigenvalue weighted by Gasteiger charge is 2.34. The predicted octanol–water partition coefficient (Wildman–Crippen LogP) is 2.84. The van der Waals surface area contributed by atoms with Crippen molar-refractivity contribution in [1.82, 2.24) is 19.6 Å². The Morgan fingerprint density at radius 2 is 1.64 bits per heavy atom. The van der Waals surface area contributed by atoms with Crippen LogP contribution in [0.15, 0.2) is 30.5 Å². The highest BCUT2D eigenvalue weighted by molar-refractivity contribution is 6.21. The highest BCUT2D eigenvalue weighted by atomic mass is 16.2. The van der Waals surface area contributed by atoms with Gasteiger partial charge in [-0.15, -0.1) is 0 Å². The number of unbranched alkanes of at least 4 members (excludes halogenated alkanes) is 2. The van der Waals surface area contributed by atoms with Crippen LogP contribution in [0.3, 0.4) is 0 Å². The number of hydrogen-bond acceptors (Lipinski definition) is 5. The first-order chi connectivity index (χ1) is 16.0. The van der Waals surface area contributed by atoms with Crippen LogP contribution in [0.1, 0.15) is 76.2 Å². The van der Waals surface area contributed by atoms with Crippen LogP contribution in [0, 0.1) is 0 Å². The molecule has 0 unspecified atom stereocenters. The fourth-order valence-corrected chi connectivity index (χ4v) is 4.42. The third-order valence-corrected chi connectivity index (χ3v) is 6.22. The molecule has 4 amide bonds. The summed E-state index contributed by atoms with van der Waals surface area (Å²) in [5.74, 6) is -0.797. The average molecular weight is 452 g/mol. The Kier molecular flexibility index (Phi) is 6.86. The number of carbonyl (C=O) groups is 4. The molecule has 1 saturated heterocycles. The summed E-state index contributed by atoms with van der Waals surface area (Å²) < 4.78 is 1.51. The third-order valence-electron chi connectivity index (χ3n) is 6.22. The number of anilines is 1. The van der Waals surface area contributed by atoms with Crippen molar-refractivity contribution in [1.29, 1.82) is 0 Å². The van der Waals surface area contributed by atoms with Crippen molar-refractivity contribution in [3.8, 4) is 0 Å². The van der Waals surface area contributed by atoms with Crippen LogP contribution in [-0.2, 0) is 11.8 Å². The zero-order valence-corrected chi connectivity index (χ0v) is 18.9. The molecule has 2 aromatic rings. The smallest absolute Gasteiger partial charge is 0.274 e. The van der Waals surface area contributed by atoms with E-state index >= 15 is 0 Å². The van der Waals surface area contributed by atoms with E-state index in [1.54, 1.807) is 31.3 Å². The Bertz CT molecular complexity index is 1040. The third kappa shape index (κ3) is 4.81. The second kappa shape index (κ2) is 9.97. The minimum Gasteiger partial charge on any atom is -0.337 e. The summed E-state index contributed by atoms with van der Waals surface area (Å²) in [6, 6.07) is 6.84. The molecule has 2 aliphatic rings. The van der Waals surface area contributed by atoms with Gasteiger partial charge in [0.05, 0.1) is 23.0 Å². The van der Waals surface area contributed by atoms with Gasteiger partial charge in [0, 0.05) is 33.1 Å². The number of aromatic nitrogens is 2. The second-order valence-electron chi connectivity index (χ2n) is 8.55. The molecular weight excluding hydrogens is 422 g/mol. The molecule has 1 N–H and O–H groups in total. The molecule has 33 heavy (non-hydrogen) atoms. The molecule has 4 rings (SSSR count). The summed E-state index contributed by atoms with van der Waals surface area (Å²) in [4.78, 5) is 53.2. The minimum atomic E-state index is -0.254. The van der Waals surface area contributed by atoms with Crippen molar-refractivity contribution >= 4 is 29.3 Å². The van der Waals surface area contributed by atoms with Crippen LogP contribution < -0.4 is 5.32 Å². The number of nitrogens with one attached hydrogen (secondary N) is 1. The number of imide groups is 1. The predicted molar refractivity (Wildman–Crippen MR) is 122 cm³/mol. The topological polar surface area (TPSA) is 105 Å². The Morgan fingerprint density at radius 1 is 0.970 bits per heavy atom. The largest absolute Gasteiger partial charge is 0.337 e. The quantitative estimate of drug-likeness (QED) is 0.491. The number of fused-ring (bicyclic) bond motifs is 1. The Balaban J connectivity index is 1.23. The molecule has 1 aromatic heterocycles. The maximum atomic E-state index is 12.9. The standard InChI is InChI=1S/C24H29N5O4/c1-27-21(24(33)28-13-7-3-8-14-28)19(16-25-27)26-20(30)12-4-2-9-15-29-22(31)17-10-5-6-11-18(17)23(29)32/h5-6,10-11,16H,2-4,7-9,12-15H2,1H3,(H,26,30). The van der Waals surface area contributed by atoms with Gasteiger partial charge in [0.2, 0.25) is 5.91 Å². The van der Waals surface area contributed by atoms with Crippen LogP contribution in [0.4, 0.5) is 5.69 Å². The Hall–Kier alpha value is -3.49. The normalized spacial score (nSPS) is 15.7. The number of nitrogens with zero attached hydrogens (tertiary/aromatic N) is 4. The van der Waals surface area contributed by atoms with E-state index in [4.69, 9.17) is 0 Å². The molecule has 0 atom stereocenters. The van der Waals surface area contributed by atoms with E-state index < -0.39 is 0 Å². The van der Waals surface area contributed by atoms with Gasteiger partial charge in [-0.1, -0.05) is 18.6 Å². The Labute approximate surface area is 192 Å². The van der Waals surface area contributed by atoms with Gasteiger partial charge in [-0.3, -0.25) is 28.8 Å². The number of piperidine rings is 1. The van der Waals surface area contributed by atoms with Gasteiger partial charge < -0.3 is 10.2 Å². The summed E-state index contributed by atoms with van der Waals surface area (Å²) in [7, 11) is 1.70. The molecule has 0 saturated carbocycles. The minimum absolute atomic E-state index is 0.106. The molecular formula is C24H29N5O4. The summed E-state index contributed by atoms with van der Waals surface area (Å²) in [6.07, 6.45) is 6.86. The molecule has 1 aromatic carbocycles. The van der Waals surface area contributed by atoms with Crippen molar-refractivity contribution in [3.05, 3.63) is 47.3 Å². The summed E-state index contributed by atoms with van der Waals surface area (Å²) >= 11 is 0. The maximum absolute atomic E-state index is 12.9. The van der Waals surface area contributed by atoms with Crippen molar-refractivity contribution in [3.63, 3.8) is 0 Å². The number of amides is 4. The summed E-state index contributed by atoms with van der Waals surface area (Å²) in [5, 5.41) is 6.98. The van der Waals surface area contributed by atoms with Crippen molar-refractivity contribution < 1.29 is 19.2 Å². The van der Waals surface area contributed by atoms with Gasteiger partial charge in [-0.2, -0.15) is 5.10 Å². The molecule has 2 aliphatic heterocycles. The monoisotopic (exact) mass is 451 g/mol. The van der Waals surface area contributed by atoms with Gasteiger partial charge in [0.15, 0.2) is 0 Å². The molecule has 0 bridgehead atoms. The van der Waals surface area contributed by atoms with E-state index in [0.717, 1.165) is 32.4 Å². The molecule has 174 valence electrons. The molecule has 9 heteroatoms. The van der Waals surface area contributed by atoms with Crippen LogP contribution in [0.25, 0.3) is 0 Å². The fraction of sp³-hybridized carbons (Fsp3) is 0.458. The van der Waals surface area contributed by atoms with Gasteiger partial charge in [-0.05, 0) is 44.2 Å². The van der Waals surface area contributed by atoms with Crippen LogP contribution in [0.2, 0.25) is 0 Å². The van der Waals surface area contributed by atoms with Crippen LogP contribution >= 0.6 is 0 Å². The lowest BCUT2D eigenvalue weighted by atomic mass is 10.1. The lowest BCUT2D eigenvalue weighted by Gasteiger charge is -2.27. The second-order valence-corrected chi connectivity index (χ2v) is 8.55. The van der Waals surface area contributed by atoms with Crippen LogP contribution in [0.5, 0.6) is 0 Å². The number of benzene rings is 1. The molecule has 0 spiro atoms. The van der Waals surface area contributed by atoms with Gasteiger partial charge in [0.25, 0.3) is 17.7 Å². The number of carbonyl (C=O) groups excluding carboxylic acids is 4. The van der Waals surface area contributed by atoms with Gasteiger partial charge >= 0.3 is 0 Å². The summed E-state index contributed by atoms with van der Waals surface area (Å²) in [5.41, 5.74) is 1.74. The zero-order valence-electron chi connectivity index (χ0n) is 18.9. The first-order valence-corrected chi connectivity index (χ1v) is 11.5. The molecule has 9 nitrogen and oxygen atoms in total. The van der Waals surface area contributed by atoms with Gasteiger partial charge in [-0.25, -0.2) is 0 Å². The first-order valence-electron chi connectivity index (χ1n) is 11.5. The van der Waals surface area contributed by atoms with Gasteiger partial charge in [0.1, 0.15) is 5.69 Å². The zero-order chi connectivity index (χ0) is 23.4. The molecule has 0 radical (unpaired) electrons. The molecule has 1 fully saturated rings. The lowest BCUT2D eigenvalue weighted by Crippen LogP contribution is -2.37. The fourth-order valence-electron chi connectivity index (χ4n) is 4.42. The highest BCUT2D eigenvalue weighted by Crippen LogP contribution is 2.23. The van der Waals surface area contributed by atoms with Crippen LogP contribution in [-0.4, -0.2) is 62.8 Å². The molecule has 0 aliphatic carbocycles. The van der Waals surface area contributed by atoms with E-state index in [-0.39, 0.29) is 30.0 Å². The van der Waals surface area contributed by atoms with E-state index in [0.29, 0.717) is 48.3 Å². The van der Waals surface area contributed by atoms with E-state index in [1.807, 2.05) is 4.90 Å². The number of hydrogen-bond donors (Lipinski definition) is 1. The maximum Gasteiger partial charge on any atom is 0.274 e. The van der Waals surface area contributed by atoms with E-state index in [1.165, 1.54) is 15.8 Å². The SMILES string of the molecule is Cn1ncc(NC(=O)CCCCCN2C(=O)c3ccccc3C2=O)c1C(=O)N1CCCCC1. The Morgan fingerprint density at radius 3 is 2.30 bits per heavy atom. The first kappa shape index (κ1) is 22.7. The number of rotatable bonds is 8. The van der Waals surface area contributed by atoms with E-state index in [2.05, 4.69) is 10.4 Å². The molecule has 3 heterocycles. The van der Waals surface area contributed by atoms with Crippen molar-refractivity contribution in [2.75, 3.05) is 25.0 Å². The average Bonchev–Trinajstić information content (AvgIpc) is 3.31. The number of aryl methyl sites for hydroxylation is 1.